The zero-order valence-corrected chi connectivity index (χ0v) is 18.5. The molecule has 1 heterocycles. The van der Waals surface area contributed by atoms with Gasteiger partial charge in [-0.3, -0.25) is 4.79 Å². The molecule has 0 amide bonds. The van der Waals surface area contributed by atoms with Crippen LogP contribution in [0.15, 0.2) is 72.8 Å². The van der Waals surface area contributed by atoms with Crippen LogP contribution in [-0.2, 0) is 4.74 Å². The Balaban J connectivity index is 1.66. The predicted molar refractivity (Wildman–Crippen MR) is 125 cm³/mol. The number of nitrogens with zero attached hydrogens (tertiary/aromatic N) is 1. The summed E-state index contributed by atoms with van der Waals surface area (Å²) >= 11 is 12.3. The Morgan fingerprint density at radius 3 is 2.44 bits per heavy atom. The van der Waals surface area contributed by atoms with Gasteiger partial charge in [0, 0.05) is 21.5 Å². The Morgan fingerprint density at radius 1 is 0.938 bits per heavy atom. The second-order valence-electron chi connectivity index (χ2n) is 6.93. The molecule has 0 saturated carbocycles. The molecule has 0 aliphatic heterocycles. The second-order valence-corrected chi connectivity index (χ2v) is 7.77. The number of hydrogen-bond acceptors (Lipinski definition) is 5. The lowest BCUT2D eigenvalue weighted by Crippen LogP contribution is -2.15. The lowest BCUT2D eigenvalue weighted by molar-refractivity contribution is 0.0476. The van der Waals surface area contributed by atoms with Gasteiger partial charge in [0.25, 0.3) is 0 Å². The summed E-state index contributed by atoms with van der Waals surface area (Å²) in [6.07, 6.45) is 0. The Kier molecular flexibility index (Phi) is 6.40. The molecule has 3 aromatic carbocycles. The SMILES string of the molecule is COc1cccc(C(=O)COC(=O)c2cc(-c3ccc(Cl)cc3)nc3c(Cl)cccc23)c1. The van der Waals surface area contributed by atoms with E-state index in [-0.39, 0.29) is 11.3 Å². The zero-order valence-electron chi connectivity index (χ0n) is 17.0. The van der Waals surface area contributed by atoms with Crippen LogP contribution in [-0.4, -0.2) is 30.5 Å². The average Bonchev–Trinajstić information content (AvgIpc) is 2.82. The molecule has 0 N–H and O–H groups in total. The highest BCUT2D eigenvalue weighted by molar-refractivity contribution is 6.35. The molecular formula is C25H17Cl2NO4. The maximum Gasteiger partial charge on any atom is 0.339 e. The molecule has 1 aromatic heterocycles. The minimum Gasteiger partial charge on any atom is -0.497 e. The van der Waals surface area contributed by atoms with Crippen LogP contribution in [0, 0.1) is 0 Å². The third-order valence-electron chi connectivity index (χ3n) is 4.88. The predicted octanol–water partition coefficient (Wildman–Crippen LogP) is 6.26. The third kappa shape index (κ3) is 4.59. The number of para-hydroxylation sites is 1. The number of carbonyl (C=O) groups is 2. The van der Waals surface area contributed by atoms with Gasteiger partial charge in [-0.2, -0.15) is 0 Å². The van der Waals surface area contributed by atoms with E-state index in [2.05, 4.69) is 4.98 Å². The van der Waals surface area contributed by atoms with Crippen LogP contribution in [0.2, 0.25) is 10.0 Å². The second kappa shape index (κ2) is 9.39. The van der Waals surface area contributed by atoms with E-state index in [0.717, 1.165) is 5.56 Å². The summed E-state index contributed by atoms with van der Waals surface area (Å²) < 4.78 is 10.5. The van der Waals surface area contributed by atoms with Gasteiger partial charge >= 0.3 is 5.97 Å². The van der Waals surface area contributed by atoms with E-state index in [1.54, 1.807) is 72.8 Å². The van der Waals surface area contributed by atoms with Gasteiger partial charge in [-0.15, -0.1) is 0 Å². The molecular weight excluding hydrogens is 449 g/mol. The number of fused-ring (bicyclic) bond motifs is 1. The van der Waals surface area contributed by atoms with Gasteiger partial charge in [-0.05, 0) is 36.4 Å². The Labute approximate surface area is 194 Å². The van der Waals surface area contributed by atoms with Crippen LogP contribution in [0.5, 0.6) is 5.75 Å². The van der Waals surface area contributed by atoms with Crippen molar-refractivity contribution in [3.63, 3.8) is 0 Å². The largest absolute Gasteiger partial charge is 0.497 e. The molecule has 160 valence electrons. The number of hydrogen-bond donors (Lipinski definition) is 0. The first-order valence-electron chi connectivity index (χ1n) is 9.66. The van der Waals surface area contributed by atoms with Crippen molar-refractivity contribution in [2.45, 2.75) is 0 Å². The van der Waals surface area contributed by atoms with E-state index >= 15 is 0 Å². The molecule has 0 saturated heterocycles. The first-order chi connectivity index (χ1) is 15.5. The number of halogens is 2. The molecule has 0 atom stereocenters. The van der Waals surface area contributed by atoms with Crippen LogP contribution in [0.3, 0.4) is 0 Å². The summed E-state index contributed by atoms with van der Waals surface area (Å²) in [7, 11) is 1.52. The fourth-order valence-electron chi connectivity index (χ4n) is 3.24. The van der Waals surface area contributed by atoms with Crippen molar-refractivity contribution in [1.29, 1.82) is 0 Å². The van der Waals surface area contributed by atoms with Crippen molar-refractivity contribution in [2.75, 3.05) is 13.7 Å². The molecule has 0 aliphatic rings. The molecule has 0 bridgehead atoms. The Morgan fingerprint density at radius 2 is 1.69 bits per heavy atom. The maximum atomic E-state index is 13.0. The highest BCUT2D eigenvalue weighted by atomic mass is 35.5. The number of esters is 1. The minimum absolute atomic E-state index is 0.265. The fourth-order valence-corrected chi connectivity index (χ4v) is 3.58. The van der Waals surface area contributed by atoms with Gasteiger partial charge in [0.05, 0.1) is 28.9 Å². The number of ketones is 1. The van der Waals surface area contributed by atoms with Crippen LogP contribution < -0.4 is 4.74 Å². The van der Waals surface area contributed by atoms with Crippen molar-refractivity contribution in [3.8, 4) is 17.0 Å². The highest BCUT2D eigenvalue weighted by Gasteiger charge is 2.18. The van der Waals surface area contributed by atoms with E-state index in [0.29, 0.717) is 38.0 Å². The number of methoxy groups -OCH3 is 1. The standard InChI is InChI=1S/C25H17Cl2NO4/c1-31-18-5-2-4-16(12-18)23(29)14-32-25(30)20-13-22(15-8-10-17(26)11-9-15)28-24-19(20)6-3-7-21(24)27/h2-13H,14H2,1H3. The Hall–Kier alpha value is -3.41. The number of Topliss-reactive ketones (excluding diaryl/α,β-unsaturated/α-hetero) is 1. The molecule has 0 fully saturated rings. The number of pyridine rings is 1. The molecule has 7 heteroatoms. The monoisotopic (exact) mass is 465 g/mol. The molecule has 4 rings (SSSR count). The van der Waals surface area contributed by atoms with E-state index in [4.69, 9.17) is 32.7 Å². The number of benzene rings is 3. The smallest absolute Gasteiger partial charge is 0.339 e. The van der Waals surface area contributed by atoms with E-state index < -0.39 is 12.6 Å². The summed E-state index contributed by atoms with van der Waals surface area (Å²) in [5, 5.41) is 1.53. The maximum absolute atomic E-state index is 13.0. The summed E-state index contributed by atoms with van der Waals surface area (Å²) in [5.74, 6) is -0.442. The summed E-state index contributed by atoms with van der Waals surface area (Å²) in [4.78, 5) is 30.1. The summed E-state index contributed by atoms with van der Waals surface area (Å²) in [6.45, 7) is -0.410. The quantitative estimate of drug-likeness (QED) is 0.248. The molecule has 4 aromatic rings. The first-order valence-corrected chi connectivity index (χ1v) is 10.4. The van der Waals surface area contributed by atoms with Gasteiger partial charge in [0.2, 0.25) is 0 Å². The molecule has 0 radical (unpaired) electrons. The topological polar surface area (TPSA) is 65.5 Å². The van der Waals surface area contributed by atoms with Gasteiger partial charge in [0.1, 0.15) is 5.75 Å². The number of rotatable bonds is 6. The lowest BCUT2D eigenvalue weighted by Gasteiger charge is -2.11. The van der Waals surface area contributed by atoms with Crippen LogP contribution in [0.4, 0.5) is 0 Å². The summed E-state index contributed by atoms with van der Waals surface area (Å²) in [5.41, 5.74) is 2.42. The van der Waals surface area contributed by atoms with E-state index in [1.807, 2.05) is 0 Å². The number of carbonyl (C=O) groups excluding carboxylic acids is 2. The Bertz CT molecular complexity index is 1320. The minimum atomic E-state index is -0.647. The molecule has 0 unspecified atom stereocenters. The van der Waals surface area contributed by atoms with Crippen molar-refractivity contribution in [3.05, 3.63) is 94.0 Å². The number of aromatic nitrogens is 1. The van der Waals surface area contributed by atoms with Gasteiger partial charge in [-0.25, -0.2) is 9.78 Å². The van der Waals surface area contributed by atoms with Crippen molar-refractivity contribution >= 4 is 45.9 Å². The molecule has 0 spiro atoms. The lowest BCUT2D eigenvalue weighted by atomic mass is 10.0. The fraction of sp³-hybridized carbons (Fsp3) is 0.0800. The van der Waals surface area contributed by atoms with Crippen LogP contribution >= 0.6 is 23.2 Å². The first kappa shape index (κ1) is 21.8. The van der Waals surface area contributed by atoms with E-state index in [9.17, 15) is 9.59 Å². The van der Waals surface area contributed by atoms with Crippen LogP contribution in [0.25, 0.3) is 22.2 Å². The van der Waals surface area contributed by atoms with Crippen molar-refractivity contribution < 1.29 is 19.1 Å². The van der Waals surface area contributed by atoms with Gasteiger partial charge in [0.15, 0.2) is 12.4 Å². The van der Waals surface area contributed by atoms with E-state index in [1.165, 1.54) is 7.11 Å². The summed E-state index contributed by atoms with van der Waals surface area (Å²) in [6, 6.07) is 20.5. The molecule has 0 aliphatic carbocycles. The molecule has 32 heavy (non-hydrogen) atoms. The van der Waals surface area contributed by atoms with Crippen molar-refractivity contribution in [1.82, 2.24) is 4.98 Å². The average molecular weight is 466 g/mol. The molecule has 5 nitrogen and oxygen atoms in total. The van der Waals surface area contributed by atoms with Gasteiger partial charge < -0.3 is 9.47 Å². The van der Waals surface area contributed by atoms with Crippen molar-refractivity contribution in [2.24, 2.45) is 0 Å². The zero-order chi connectivity index (χ0) is 22.7. The van der Waals surface area contributed by atoms with Crippen LogP contribution in [0.1, 0.15) is 20.7 Å². The third-order valence-corrected chi connectivity index (χ3v) is 5.43. The normalized spacial score (nSPS) is 10.7. The van der Waals surface area contributed by atoms with Gasteiger partial charge in [-0.1, -0.05) is 59.6 Å². The number of ether oxygens (including phenoxy) is 2. The highest BCUT2D eigenvalue weighted by Crippen LogP contribution is 2.30.